The Balaban J connectivity index is 1.83. The number of phenols is 2. The van der Waals surface area contributed by atoms with Gasteiger partial charge < -0.3 is 19.7 Å². The van der Waals surface area contributed by atoms with Crippen molar-refractivity contribution in [3.63, 3.8) is 0 Å². The first-order chi connectivity index (χ1) is 15.1. The van der Waals surface area contributed by atoms with Gasteiger partial charge in [-0.15, -0.1) is 11.3 Å². The number of ether oxygens (including phenoxy) is 2. The molecule has 0 amide bonds. The summed E-state index contributed by atoms with van der Waals surface area (Å²) in [6.45, 7) is 0.203. The lowest BCUT2D eigenvalue weighted by Gasteiger charge is -2.08. The minimum atomic E-state index is -3.90. The van der Waals surface area contributed by atoms with Crippen LogP contribution in [0.1, 0.15) is 15.9 Å². The Bertz CT molecular complexity index is 1260. The molecule has 11 heteroatoms. The van der Waals surface area contributed by atoms with Crippen molar-refractivity contribution in [1.29, 1.82) is 0 Å². The van der Waals surface area contributed by atoms with Crippen molar-refractivity contribution in [2.24, 2.45) is 0 Å². The van der Waals surface area contributed by atoms with Gasteiger partial charge in [-0.3, -0.25) is 0 Å². The molecular weight excluding hydrogens is 483 g/mol. The fourth-order valence-electron chi connectivity index (χ4n) is 2.83. The second-order valence-electron chi connectivity index (χ2n) is 6.65. The Morgan fingerprint density at radius 1 is 1.06 bits per heavy atom. The molecule has 1 aromatic heterocycles. The van der Waals surface area contributed by atoms with Gasteiger partial charge in [-0.2, -0.15) is 0 Å². The molecule has 7 nitrogen and oxygen atoms in total. The average Bonchev–Trinajstić information content (AvgIpc) is 3.12. The topological polar surface area (TPSA) is 110 Å². The van der Waals surface area contributed by atoms with Gasteiger partial charge in [-0.1, -0.05) is 17.7 Å². The zero-order valence-electron chi connectivity index (χ0n) is 16.7. The molecule has 0 saturated carbocycles. The summed E-state index contributed by atoms with van der Waals surface area (Å²) < 4.78 is 49.0. The summed E-state index contributed by atoms with van der Waals surface area (Å²) in [5, 5.41) is 20.1. The summed E-state index contributed by atoms with van der Waals surface area (Å²) in [6, 6.07) is 8.36. The van der Waals surface area contributed by atoms with E-state index in [-0.39, 0.29) is 49.8 Å². The lowest BCUT2D eigenvalue weighted by Crippen LogP contribution is -2.10. The molecule has 170 valence electrons. The lowest BCUT2D eigenvalue weighted by molar-refractivity contribution is 0.0385. The fourth-order valence-corrected chi connectivity index (χ4v) is 6.00. The van der Waals surface area contributed by atoms with Crippen molar-refractivity contribution in [2.75, 3.05) is 20.3 Å². The van der Waals surface area contributed by atoms with E-state index in [0.29, 0.717) is 0 Å². The van der Waals surface area contributed by atoms with E-state index >= 15 is 0 Å². The quantitative estimate of drug-likeness (QED) is 0.348. The number of esters is 1. The largest absolute Gasteiger partial charge is 0.507 e. The first kappa shape index (κ1) is 24.0. The first-order valence-electron chi connectivity index (χ1n) is 9.11. The maximum atomic E-state index is 13.6. The van der Waals surface area contributed by atoms with Crippen LogP contribution in [0, 0.1) is 5.82 Å². The normalized spacial score (nSPS) is 11.5. The van der Waals surface area contributed by atoms with Crippen LogP contribution in [0.15, 0.2) is 46.7 Å². The molecule has 2 aromatic carbocycles. The van der Waals surface area contributed by atoms with Crippen LogP contribution in [0.2, 0.25) is 4.34 Å². The summed E-state index contributed by atoms with van der Waals surface area (Å²) in [7, 11) is -2.45. The number of sulfone groups is 1. The molecule has 0 fully saturated rings. The zero-order chi connectivity index (χ0) is 23.5. The molecule has 0 radical (unpaired) electrons. The third-order valence-electron chi connectivity index (χ3n) is 4.38. The van der Waals surface area contributed by atoms with E-state index in [0.717, 1.165) is 29.5 Å². The minimum Gasteiger partial charge on any atom is -0.507 e. The van der Waals surface area contributed by atoms with Gasteiger partial charge in [0.05, 0.1) is 12.4 Å². The molecule has 0 aliphatic carbocycles. The number of aromatic hydroxyl groups is 2. The number of rotatable bonds is 8. The SMILES string of the molecule is COCCOC(=O)c1ccc(CS(=O)(=O)c2cc(-c3cc(F)ccc3O)c(Cl)s2)cc1O. The van der Waals surface area contributed by atoms with Crippen LogP contribution in [-0.2, 0) is 25.1 Å². The third kappa shape index (κ3) is 5.39. The summed E-state index contributed by atoms with van der Waals surface area (Å²) >= 11 is 6.93. The van der Waals surface area contributed by atoms with Crippen molar-refractivity contribution < 1.29 is 37.3 Å². The Kier molecular flexibility index (Phi) is 7.40. The number of hydrogen-bond acceptors (Lipinski definition) is 8. The summed E-state index contributed by atoms with van der Waals surface area (Å²) in [5.74, 6) is -2.52. The van der Waals surface area contributed by atoms with Gasteiger partial charge >= 0.3 is 5.97 Å². The second-order valence-corrected chi connectivity index (χ2v) is 10.5. The van der Waals surface area contributed by atoms with Gasteiger partial charge in [0.25, 0.3) is 0 Å². The number of methoxy groups -OCH3 is 1. The number of hydrogen-bond donors (Lipinski definition) is 2. The summed E-state index contributed by atoms with van der Waals surface area (Å²) in [4.78, 5) is 12.0. The van der Waals surface area contributed by atoms with Crippen molar-refractivity contribution in [3.8, 4) is 22.6 Å². The van der Waals surface area contributed by atoms with Crippen molar-refractivity contribution in [2.45, 2.75) is 9.96 Å². The highest BCUT2D eigenvalue weighted by Crippen LogP contribution is 2.42. The molecule has 2 N–H and O–H groups in total. The van der Waals surface area contributed by atoms with Gasteiger partial charge in [-0.05, 0) is 42.0 Å². The van der Waals surface area contributed by atoms with Crippen LogP contribution in [0.5, 0.6) is 11.5 Å². The van der Waals surface area contributed by atoms with Crippen LogP contribution in [0.4, 0.5) is 4.39 Å². The predicted octanol–water partition coefficient (Wildman–Crippen LogP) is 4.40. The van der Waals surface area contributed by atoms with Crippen LogP contribution >= 0.6 is 22.9 Å². The number of thiophene rings is 1. The molecule has 32 heavy (non-hydrogen) atoms. The summed E-state index contributed by atoms with van der Waals surface area (Å²) in [5.41, 5.74) is 0.381. The lowest BCUT2D eigenvalue weighted by atomic mass is 10.1. The van der Waals surface area contributed by atoms with Crippen molar-refractivity contribution >= 4 is 38.7 Å². The maximum absolute atomic E-state index is 13.6. The fraction of sp³-hybridized carbons (Fsp3) is 0.190. The van der Waals surface area contributed by atoms with Crippen molar-refractivity contribution in [3.05, 3.63) is 63.7 Å². The molecule has 0 bridgehead atoms. The van der Waals surface area contributed by atoms with Gasteiger partial charge in [0, 0.05) is 18.2 Å². The zero-order valence-corrected chi connectivity index (χ0v) is 19.1. The summed E-state index contributed by atoms with van der Waals surface area (Å²) in [6.07, 6.45) is 0. The third-order valence-corrected chi connectivity index (χ3v) is 7.99. The molecular formula is C21H18ClFO7S2. The van der Waals surface area contributed by atoms with Crippen LogP contribution in [0.3, 0.4) is 0 Å². The highest BCUT2D eigenvalue weighted by molar-refractivity contribution is 7.92. The van der Waals surface area contributed by atoms with Gasteiger partial charge in [0.15, 0.2) is 9.84 Å². The number of benzene rings is 2. The smallest absolute Gasteiger partial charge is 0.341 e. The van der Waals surface area contributed by atoms with E-state index in [1.54, 1.807) is 0 Å². The molecule has 0 saturated heterocycles. The molecule has 0 atom stereocenters. The standard InChI is InChI=1S/C21H18ClFO7S2/c1-29-6-7-30-21(26)14-4-2-12(8-18(14)25)11-32(27,28)19-10-16(20(22)31-19)15-9-13(23)3-5-17(15)24/h2-5,8-10,24-25H,6-7,11H2,1H3. The molecule has 1 heterocycles. The molecule has 0 aliphatic rings. The van der Waals surface area contributed by atoms with Crippen LogP contribution < -0.4 is 0 Å². The molecule has 0 spiro atoms. The van der Waals surface area contributed by atoms with E-state index in [4.69, 9.17) is 21.1 Å². The van der Waals surface area contributed by atoms with Gasteiger partial charge in [0.1, 0.15) is 38.0 Å². The van der Waals surface area contributed by atoms with Crippen LogP contribution in [-0.4, -0.2) is 44.9 Å². The number of carbonyl (C=O) groups excluding carboxylic acids is 1. The van der Waals surface area contributed by atoms with E-state index in [1.165, 1.54) is 31.4 Å². The monoisotopic (exact) mass is 500 g/mol. The van der Waals surface area contributed by atoms with Gasteiger partial charge in [0.2, 0.25) is 0 Å². The average molecular weight is 501 g/mol. The molecule has 0 unspecified atom stereocenters. The highest BCUT2D eigenvalue weighted by Gasteiger charge is 2.23. The van der Waals surface area contributed by atoms with E-state index in [1.807, 2.05) is 0 Å². The van der Waals surface area contributed by atoms with E-state index < -0.39 is 33.1 Å². The minimum absolute atomic E-state index is 0.00719. The molecule has 3 aromatic rings. The molecule has 0 aliphatic heterocycles. The Hall–Kier alpha value is -2.66. The Morgan fingerprint density at radius 2 is 1.81 bits per heavy atom. The molecule has 3 rings (SSSR count). The van der Waals surface area contributed by atoms with Gasteiger partial charge in [-0.25, -0.2) is 17.6 Å². The number of carbonyl (C=O) groups is 1. The number of phenolic OH excluding ortho intramolecular Hbond substituents is 2. The Labute approximate surface area is 192 Å². The highest BCUT2D eigenvalue weighted by atomic mass is 35.5. The van der Waals surface area contributed by atoms with E-state index in [9.17, 15) is 27.8 Å². The maximum Gasteiger partial charge on any atom is 0.341 e. The predicted molar refractivity (Wildman–Crippen MR) is 118 cm³/mol. The first-order valence-corrected chi connectivity index (χ1v) is 12.0. The Morgan fingerprint density at radius 3 is 2.50 bits per heavy atom. The van der Waals surface area contributed by atoms with E-state index in [2.05, 4.69) is 0 Å². The van der Waals surface area contributed by atoms with Crippen LogP contribution in [0.25, 0.3) is 11.1 Å². The number of halogens is 2. The van der Waals surface area contributed by atoms with Crippen molar-refractivity contribution in [1.82, 2.24) is 0 Å². The second kappa shape index (κ2) is 9.86.